The molecule has 0 aromatic heterocycles. The van der Waals surface area contributed by atoms with Crippen molar-refractivity contribution in [2.75, 3.05) is 4.90 Å². The van der Waals surface area contributed by atoms with Crippen molar-refractivity contribution in [2.45, 2.75) is 120 Å². The average Bonchev–Trinajstić information content (AvgIpc) is 3.00. The SMILES string of the molecule is CC1=[N+](c2c(C)cc(C)cc2C)C2([OH2+])C(C)(C)C2([OH2+])N1c1c(C)cc(C)cc1C.[CH3][Al-]([CH3])[CH3].[CH3][Al-]([CH3])[CH3].[CH3][Al-][CH3]. The number of amidine groups is 1. The number of aryl methyl sites for hydroxylation is 6. The fraction of sp³-hybridized carbons (Fsp3) is 0.606. The fourth-order valence-corrected chi connectivity index (χ4v) is 6.01. The molecule has 2 aromatic carbocycles. The first kappa shape index (κ1) is 37.5. The van der Waals surface area contributed by atoms with Gasteiger partial charge in [-0.3, -0.25) is 26.8 Å². The lowest BCUT2D eigenvalue weighted by Crippen LogP contribution is -2.44. The third-order valence-electron chi connectivity index (χ3n) is 7.31. The smallest absolute Gasteiger partial charge is 0.396 e. The third-order valence-corrected chi connectivity index (χ3v) is 7.31. The summed E-state index contributed by atoms with van der Waals surface area (Å²) in [6.07, 6.45) is 0. The third kappa shape index (κ3) is 6.97. The van der Waals surface area contributed by atoms with Gasteiger partial charge < -0.3 is 10.2 Å². The van der Waals surface area contributed by atoms with Gasteiger partial charge in [0.15, 0.2) is 0 Å². The molecule has 2 aromatic rings. The second kappa shape index (κ2) is 14.3. The van der Waals surface area contributed by atoms with Gasteiger partial charge in [0.05, 0.1) is 0 Å². The van der Waals surface area contributed by atoms with Gasteiger partial charge >= 0.3 is 11.4 Å². The van der Waals surface area contributed by atoms with Crippen molar-refractivity contribution in [2.24, 2.45) is 5.41 Å². The van der Waals surface area contributed by atoms with E-state index in [9.17, 15) is 10.2 Å². The van der Waals surface area contributed by atoms with Crippen molar-refractivity contribution in [3.05, 3.63) is 57.6 Å². The molecule has 4 N–H and O–H groups in total. The molecular formula is C33H59Al3N2O2. The molecule has 1 aliphatic heterocycles. The number of anilines is 1. The van der Waals surface area contributed by atoms with Gasteiger partial charge in [-0.1, -0.05) is 35.4 Å². The van der Waals surface area contributed by atoms with E-state index >= 15 is 0 Å². The Kier molecular flexibility index (Phi) is 13.4. The Labute approximate surface area is 262 Å². The first-order valence-electron chi connectivity index (χ1n) is 15.0. The average molecular weight is 597 g/mol. The summed E-state index contributed by atoms with van der Waals surface area (Å²) in [7, 11) is 0. The van der Waals surface area contributed by atoms with Crippen molar-refractivity contribution < 1.29 is 14.8 Å². The second-order valence-electron chi connectivity index (χ2n) is 13.8. The Morgan fingerprint density at radius 2 is 0.975 bits per heavy atom. The molecule has 2 atom stereocenters. The van der Waals surface area contributed by atoms with E-state index < -0.39 is 16.9 Å². The number of fused-ring (bicyclic) bond motifs is 1. The van der Waals surface area contributed by atoms with Crippen LogP contribution in [-0.4, -0.2) is 75.6 Å². The van der Waals surface area contributed by atoms with Crippen LogP contribution in [-0.2, 0) is 0 Å². The zero-order valence-electron chi connectivity index (χ0n) is 28.9. The first-order chi connectivity index (χ1) is 18.2. The van der Waals surface area contributed by atoms with Crippen LogP contribution in [0.2, 0.25) is 46.3 Å². The standard InChI is InChI=1S/C25H33N2O2.8CH3.3Al/c1-14-10-16(3)21(17(4)11-14)26-20(7)27(25(29)23(8,9)24(25,26)28)22-18(5)12-15(2)13-19(22)6;;;;;;;;;;;/h10-13,28-29H,1-9H3;8*1H3;;;/q+1;;;;;;;;;3*-1/p+2. The molecule has 1 saturated carbocycles. The van der Waals surface area contributed by atoms with E-state index in [1.165, 1.54) is 11.1 Å². The number of nitrogens with zero attached hydrogens (tertiary/aromatic N) is 2. The molecule has 4 rings (SSSR count). The highest BCUT2D eigenvalue weighted by molar-refractivity contribution is 6.54. The van der Waals surface area contributed by atoms with Gasteiger partial charge in [0.1, 0.15) is 11.4 Å². The van der Waals surface area contributed by atoms with Crippen molar-refractivity contribution in [3.8, 4) is 0 Å². The second-order valence-corrected chi connectivity index (χ2v) is 21.9. The monoisotopic (exact) mass is 596 g/mol. The van der Waals surface area contributed by atoms with Gasteiger partial charge in [-0.15, -0.1) is 9.48 Å². The van der Waals surface area contributed by atoms with Gasteiger partial charge in [-0.2, -0.15) is 0 Å². The van der Waals surface area contributed by atoms with Crippen LogP contribution in [0.25, 0.3) is 0 Å². The van der Waals surface area contributed by atoms with Gasteiger partial charge in [0.25, 0.3) is 5.84 Å². The Balaban J connectivity index is 0.000000626. The van der Waals surface area contributed by atoms with E-state index in [2.05, 4.69) is 142 Å². The van der Waals surface area contributed by atoms with Crippen LogP contribution in [0.5, 0.6) is 0 Å². The van der Waals surface area contributed by atoms with E-state index in [1.807, 2.05) is 0 Å². The van der Waals surface area contributed by atoms with Gasteiger partial charge in [-0.25, -0.2) is 34.7 Å². The highest BCUT2D eigenvalue weighted by atomic mass is 27.2. The summed E-state index contributed by atoms with van der Waals surface area (Å²) in [4.78, 5) is 2.14. The van der Waals surface area contributed by atoms with Gasteiger partial charge in [-0.05, 0) is 106 Å². The molecule has 2 aliphatic rings. The molecule has 4 radical (unpaired) electrons. The fourth-order valence-electron chi connectivity index (χ4n) is 6.01. The number of rotatable bonds is 2. The normalized spacial score (nSPS) is 22.2. The van der Waals surface area contributed by atoms with E-state index in [0.29, 0.717) is 0 Å². The summed E-state index contributed by atoms with van der Waals surface area (Å²) in [6, 6.07) is 8.74. The van der Waals surface area contributed by atoms with Crippen molar-refractivity contribution in [3.63, 3.8) is 0 Å². The number of hydrogen-bond donors (Lipinski definition) is 0. The molecule has 0 saturated heterocycles. The molecule has 1 aliphatic carbocycles. The van der Waals surface area contributed by atoms with Crippen LogP contribution in [0.4, 0.5) is 11.4 Å². The van der Waals surface area contributed by atoms with Crippen molar-refractivity contribution in [1.29, 1.82) is 0 Å². The summed E-state index contributed by atoms with van der Waals surface area (Å²) >= 11 is 0.472. The minimum absolute atomic E-state index is 0.139. The van der Waals surface area contributed by atoms with Crippen LogP contribution in [0.3, 0.4) is 0 Å². The predicted molar refractivity (Wildman–Crippen MR) is 185 cm³/mol. The van der Waals surface area contributed by atoms with Crippen LogP contribution in [0.15, 0.2) is 24.3 Å². The lowest BCUT2D eigenvalue weighted by atomic mass is 10.0. The van der Waals surface area contributed by atoms with Crippen LogP contribution >= 0.6 is 0 Å². The minimum atomic E-state index is -1.04. The highest BCUT2D eigenvalue weighted by Crippen LogP contribution is 2.71. The highest BCUT2D eigenvalue weighted by Gasteiger charge is 3.09. The molecule has 1 heterocycles. The maximum atomic E-state index is 9.57. The molecule has 0 spiro atoms. The maximum absolute atomic E-state index is 9.57. The minimum Gasteiger partial charge on any atom is -0.396 e. The van der Waals surface area contributed by atoms with E-state index in [4.69, 9.17) is 0 Å². The Morgan fingerprint density at radius 3 is 1.30 bits per heavy atom. The van der Waals surface area contributed by atoms with Crippen molar-refractivity contribution in [1.82, 2.24) is 0 Å². The topological polar surface area (TPSA) is 52.0 Å². The molecule has 2 unspecified atom stereocenters. The molecule has 222 valence electrons. The molecule has 40 heavy (non-hydrogen) atoms. The van der Waals surface area contributed by atoms with E-state index in [-0.39, 0.29) is 28.3 Å². The lowest BCUT2D eigenvalue weighted by molar-refractivity contribution is -0.568. The quantitative estimate of drug-likeness (QED) is 0.201. The molecule has 0 amide bonds. The molecular weight excluding hydrogens is 537 g/mol. The molecule has 4 nitrogen and oxygen atoms in total. The van der Waals surface area contributed by atoms with Gasteiger partial charge in [0.2, 0.25) is 5.41 Å². The zero-order chi connectivity index (χ0) is 31.5. The predicted octanol–water partition coefficient (Wildman–Crippen LogP) is 7.53. The van der Waals surface area contributed by atoms with Crippen LogP contribution < -0.4 is 4.90 Å². The largest absolute Gasteiger partial charge is 0.449 e. The summed E-state index contributed by atoms with van der Waals surface area (Å²) in [5.74, 6) is 19.2. The lowest BCUT2D eigenvalue weighted by Gasteiger charge is -2.21. The van der Waals surface area contributed by atoms with Crippen LogP contribution in [0, 0.1) is 47.0 Å². The first-order valence-corrected chi connectivity index (χ1v) is 24.3. The molecule has 1 fully saturated rings. The summed E-state index contributed by atoms with van der Waals surface area (Å²) < 4.78 is 2.14. The Morgan fingerprint density at radius 1 is 0.675 bits per heavy atom. The van der Waals surface area contributed by atoms with Gasteiger partial charge in [0, 0.05) is 6.92 Å². The molecule has 7 heteroatoms. The number of hydrogen-bond acceptors (Lipinski definition) is 1. The Bertz CT molecular complexity index is 1160. The van der Waals surface area contributed by atoms with Crippen LogP contribution in [0.1, 0.15) is 54.2 Å². The van der Waals surface area contributed by atoms with Crippen molar-refractivity contribution >= 4 is 60.7 Å². The zero-order valence-corrected chi connectivity index (χ0v) is 32.4. The Hall–Kier alpha value is -0.573. The maximum Gasteiger partial charge on any atom is 0.449 e. The summed E-state index contributed by atoms with van der Waals surface area (Å²) in [6.45, 7) is 18.9. The summed E-state index contributed by atoms with van der Waals surface area (Å²) in [5, 5.41) is 19.1. The molecule has 0 bridgehead atoms. The summed E-state index contributed by atoms with van der Waals surface area (Å²) in [5.41, 5.74) is 6.68. The van der Waals surface area contributed by atoms with E-state index in [0.717, 1.165) is 54.7 Å². The van der Waals surface area contributed by atoms with E-state index in [1.54, 1.807) is 0 Å². The number of benzene rings is 2.